The van der Waals surface area contributed by atoms with Gasteiger partial charge in [-0.3, -0.25) is 0 Å². The van der Waals surface area contributed by atoms with Crippen LogP contribution in [0.25, 0.3) is 0 Å². The van der Waals surface area contributed by atoms with Gasteiger partial charge in [0.05, 0.1) is 0 Å². The summed E-state index contributed by atoms with van der Waals surface area (Å²) >= 11 is 0. The molecule has 2 aliphatic rings. The van der Waals surface area contributed by atoms with E-state index in [4.69, 9.17) is 5.11 Å². The second-order valence-electron chi connectivity index (χ2n) is 5.75. The molecule has 2 rings (SSSR count). The first-order chi connectivity index (χ1) is 8.67. The van der Waals surface area contributed by atoms with Gasteiger partial charge in [0.15, 0.2) is 0 Å². The van der Waals surface area contributed by atoms with Crippen LogP contribution in [0.5, 0.6) is 0 Å². The Kier molecular flexibility index (Phi) is 4.27. The van der Waals surface area contributed by atoms with Gasteiger partial charge in [0.1, 0.15) is 0 Å². The number of hydrogen-bond donors (Lipinski definition) is 3. The van der Waals surface area contributed by atoms with E-state index in [1.807, 2.05) is 12.2 Å². The molecule has 3 N–H and O–H groups in total. The van der Waals surface area contributed by atoms with Gasteiger partial charge >= 0.3 is 6.03 Å². The maximum absolute atomic E-state index is 11.8. The molecule has 1 saturated carbocycles. The van der Waals surface area contributed by atoms with Crippen LogP contribution in [0.15, 0.2) is 12.2 Å². The number of amides is 2. The molecule has 0 unspecified atom stereocenters. The lowest BCUT2D eigenvalue weighted by Gasteiger charge is -2.17. The van der Waals surface area contributed by atoms with Crippen LogP contribution in [-0.4, -0.2) is 30.3 Å². The van der Waals surface area contributed by atoms with E-state index in [-0.39, 0.29) is 24.6 Å². The quantitative estimate of drug-likeness (QED) is 0.631. The van der Waals surface area contributed by atoms with Crippen LogP contribution < -0.4 is 10.6 Å². The van der Waals surface area contributed by atoms with E-state index in [1.54, 1.807) is 0 Å². The first-order valence-corrected chi connectivity index (χ1v) is 7.01. The summed E-state index contributed by atoms with van der Waals surface area (Å²) in [5.41, 5.74) is 0.394. The van der Waals surface area contributed by atoms with Crippen molar-refractivity contribution in [2.24, 2.45) is 11.3 Å². The third-order valence-corrected chi connectivity index (χ3v) is 4.08. The van der Waals surface area contributed by atoms with Gasteiger partial charge in [-0.1, -0.05) is 25.5 Å². The largest absolute Gasteiger partial charge is 0.396 e. The van der Waals surface area contributed by atoms with E-state index >= 15 is 0 Å². The second kappa shape index (κ2) is 5.74. The minimum absolute atomic E-state index is 0.0727. The van der Waals surface area contributed by atoms with E-state index in [9.17, 15) is 4.79 Å². The Hall–Kier alpha value is -1.03. The van der Waals surface area contributed by atoms with E-state index in [0.29, 0.717) is 5.41 Å². The second-order valence-corrected chi connectivity index (χ2v) is 5.75. The first-order valence-electron chi connectivity index (χ1n) is 7.01. The zero-order valence-corrected chi connectivity index (χ0v) is 11.1. The molecule has 0 aromatic rings. The lowest BCUT2D eigenvalue weighted by Crippen LogP contribution is -2.43. The molecule has 0 aromatic heterocycles. The van der Waals surface area contributed by atoms with Gasteiger partial charge in [0, 0.05) is 25.1 Å². The Morgan fingerprint density at radius 1 is 1.44 bits per heavy atom. The van der Waals surface area contributed by atoms with Gasteiger partial charge in [-0.25, -0.2) is 4.79 Å². The Morgan fingerprint density at radius 2 is 2.22 bits per heavy atom. The Bertz CT molecular complexity index is 324. The van der Waals surface area contributed by atoms with E-state index in [1.165, 1.54) is 25.7 Å². The van der Waals surface area contributed by atoms with Crippen LogP contribution in [0.4, 0.5) is 4.79 Å². The third-order valence-electron chi connectivity index (χ3n) is 4.08. The number of aliphatic hydroxyl groups is 1. The third kappa shape index (κ3) is 3.48. The molecule has 0 spiro atoms. The Labute approximate surface area is 109 Å². The van der Waals surface area contributed by atoms with Gasteiger partial charge < -0.3 is 15.7 Å². The van der Waals surface area contributed by atoms with E-state index in [0.717, 1.165) is 13.0 Å². The highest BCUT2D eigenvalue weighted by molar-refractivity contribution is 5.74. The van der Waals surface area contributed by atoms with E-state index in [2.05, 4.69) is 17.6 Å². The number of nitrogens with one attached hydrogen (secondary N) is 2. The number of hydrogen-bond acceptors (Lipinski definition) is 2. The molecule has 2 amide bonds. The molecule has 4 nitrogen and oxygen atoms in total. The van der Waals surface area contributed by atoms with Crippen molar-refractivity contribution < 1.29 is 9.90 Å². The summed E-state index contributed by atoms with van der Waals surface area (Å²) in [6, 6.07) is -0.00547. The molecule has 2 atom stereocenters. The molecular weight excluding hydrogens is 228 g/mol. The number of carbonyl (C=O) groups excluding carboxylic acids is 1. The van der Waals surface area contributed by atoms with Gasteiger partial charge in [-0.2, -0.15) is 0 Å². The SMILES string of the molecule is CCCC1(CNC(=O)N[C@@H]2C=C[C@H](CO)C2)CC1. The molecule has 0 bridgehead atoms. The maximum Gasteiger partial charge on any atom is 0.315 e. The van der Waals surface area contributed by atoms with Gasteiger partial charge in [0.25, 0.3) is 0 Å². The van der Waals surface area contributed by atoms with Gasteiger partial charge in [0.2, 0.25) is 0 Å². The zero-order valence-electron chi connectivity index (χ0n) is 11.1. The normalized spacial score (nSPS) is 28.1. The van der Waals surface area contributed by atoms with E-state index < -0.39 is 0 Å². The number of carbonyl (C=O) groups is 1. The summed E-state index contributed by atoms with van der Waals surface area (Å²) in [7, 11) is 0. The highest BCUT2D eigenvalue weighted by Crippen LogP contribution is 2.48. The standard InChI is InChI=1S/C14H24N2O2/c1-2-5-14(6-7-14)10-15-13(18)16-12-4-3-11(8-12)9-17/h3-4,11-12,17H,2,5-10H2,1H3,(H2,15,16,18)/t11-,12+/m0/s1. The van der Waals surface area contributed by atoms with Crippen LogP contribution in [0.3, 0.4) is 0 Å². The van der Waals surface area contributed by atoms with Crippen molar-refractivity contribution in [3.8, 4) is 0 Å². The number of rotatable bonds is 6. The molecule has 4 heteroatoms. The lowest BCUT2D eigenvalue weighted by atomic mass is 10.0. The topological polar surface area (TPSA) is 61.4 Å². The van der Waals surface area contributed by atoms with Crippen molar-refractivity contribution in [2.75, 3.05) is 13.2 Å². The molecular formula is C14H24N2O2. The summed E-state index contributed by atoms with van der Waals surface area (Å²) in [5, 5.41) is 14.9. The molecule has 0 aromatic carbocycles. The lowest BCUT2D eigenvalue weighted by molar-refractivity contribution is 0.229. The number of aliphatic hydroxyl groups excluding tert-OH is 1. The van der Waals surface area contributed by atoms with Crippen molar-refractivity contribution in [2.45, 2.75) is 45.1 Å². The summed E-state index contributed by atoms with van der Waals surface area (Å²) in [6.07, 6.45) is 9.65. The molecule has 102 valence electrons. The first kappa shape index (κ1) is 13.4. The Morgan fingerprint density at radius 3 is 2.78 bits per heavy atom. The summed E-state index contributed by atoms with van der Waals surface area (Å²) in [6.45, 7) is 3.15. The Balaban J connectivity index is 1.66. The van der Waals surface area contributed by atoms with Gasteiger partial charge in [-0.05, 0) is 31.1 Å². The minimum atomic E-state index is -0.0781. The fourth-order valence-electron chi connectivity index (χ4n) is 2.73. The zero-order chi connectivity index (χ0) is 13.0. The summed E-state index contributed by atoms with van der Waals surface area (Å²) < 4.78 is 0. The molecule has 0 radical (unpaired) electrons. The molecule has 0 aliphatic heterocycles. The molecule has 0 saturated heterocycles. The predicted molar refractivity (Wildman–Crippen MR) is 71.2 cm³/mol. The van der Waals surface area contributed by atoms with Crippen LogP contribution >= 0.6 is 0 Å². The number of urea groups is 1. The maximum atomic E-state index is 11.8. The molecule has 18 heavy (non-hydrogen) atoms. The average Bonchev–Trinajstić information content (AvgIpc) is 2.97. The van der Waals surface area contributed by atoms with Crippen molar-refractivity contribution >= 4 is 6.03 Å². The fourth-order valence-corrected chi connectivity index (χ4v) is 2.73. The van der Waals surface area contributed by atoms with Crippen molar-refractivity contribution in [3.05, 3.63) is 12.2 Å². The van der Waals surface area contributed by atoms with Crippen LogP contribution in [0, 0.1) is 11.3 Å². The van der Waals surface area contributed by atoms with Crippen molar-refractivity contribution in [1.29, 1.82) is 0 Å². The van der Waals surface area contributed by atoms with Gasteiger partial charge in [-0.15, -0.1) is 0 Å². The smallest absolute Gasteiger partial charge is 0.315 e. The highest BCUT2D eigenvalue weighted by atomic mass is 16.3. The minimum Gasteiger partial charge on any atom is -0.396 e. The van der Waals surface area contributed by atoms with Crippen molar-refractivity contribution in [3.63, 3.8) is 0 Å². The van der Waals surface area contributed by atoms with Crippen LogP contribution in [-0.2, 0) is 0 Å². The molecule has 1 fully saturated rings. The molecule has 0 heterocycles. The van der Waals surface area contributed by atoms with Crippen LogP contribution in [0.1, 0.15) is 39.0 Å². The van der Waals surface area contributed by atoms with Crippen LogP contribution in [0.2, 0.25) is 0 Å². The molecule has 2 aliphatic carbocycles. The summed E-state index contributed by atoms with van der Waals surface area (Å²) in [5.74, 6) is 0.199. The predicted octanol–water partition coefficient (Wildman–Crippen LogP) is 1.80. The monoisotopic (exact) mass is 252 g/mol. The summed E-state index contributed by atoms with van der Waals surface area (Å²) in [4.78, 5) is 11.8. The highest BCUT2D eigenvalue weighted by Gasteiger charge is 2.41. The average molecular weight is 252 g/mol. The van der Waals surface area contributed by atoms with Crippen molar-refractivity contribution in [1.82, 2.24) is 10.6 Å². The fraction of sp³-hybridized carbons (Fsp3) is 0.786.